The highest BCUT2D eigenvalue weighted by molar-refractivity contribution is 5.91. The molecule has 0 radical (unpaired) electrons. The molecule has 0 aliphatic carbocycles. The molecule has 0 aromatic carbocycles. The maximum Gasteiger partial charge on any atom is 0.289 e. The second-order valence-electron chi connectivity index (χ2n) is 5.56. The summed E-state index contributed by atoms with van der Waals surface area (Å²) < 4.78 is 5.14. The van der Waals surface area contributed by atoms with Crippen LogP contribution in [-0.4, -0.2) is 60.9 Å². The largest absolute Gasteiger partial charge is 0.459 e. The van der Waals surface area contributed by atoms with Gasteiger partial charge in [0, 0.05) is 45.2 Å². The van der Waals surface area contributed by atoms with Crippen molar-refractivity contribution in [2.45, 2.75) is 13.8 Å². The van der Waals surface area contributed by atoms with Gasteiger partial charge in [-0.05, 0) is 12.1 Å². The third-order valence-electron chi connectivity index (χ3n) is 3.64. The SMILES string of the molecule is CC(C)C(=O)NCCN1CCN(C(=O)c2ccco2)CC1. The van der Waals surface area contributed by atoms with Crippen LogP contribution < -0.4 is 5.32 Å². The molecule has 0 spiro atoms. The van der Waals surface area contributed by atoms with E-state index in [0.29, 0.717) is 25.4 Å². The standard InChI is InChI=1S/C15H23N3O3/c1-12(2)14(19)16-5-6-17-7-9-18(10-8-17)15(20)13-4-3-11-21-13/h3-4,11-12H,5-10H2,1-2H3,(H,16,19). The monoisotopic (exact) mass is 293 g/mol. The normalized spacial score (nSPS) is 16.2. The van der Waals surface area contributed by atoms with Gasteiger partial charge in [-0.25, -0.2) is 0 Å². The first-order valence-corrected chi connectivity index (χ1v) is 7.41. The van der Waals surface area contributed by atoms with Crippen molar-refractivity contribution in [3.8, 4) is 0 Å². The summed E-state index contributed by atoms with van der Waals surface area (Å²) in [6.07, 6.45) is 1.51. The third-order valence-corrected chi connectivity index (χ3v) is 3.64. The number of nitrogens with zero attached hydrogens (tertiary/aromatic N) is 2. The minimum absolute atomic E-state index is 0.0211. The highest BCUT2D eigenvalue weighted by Crippen LogP contribution is 2.09. The lowest BCUT2D eigenvalue weighted by Gasteiger charge is -2.34. The molecule has 0 bridgehead atoms. The van der Waals surface area contributed by atoms with Crippen molar-refractivity contribution in [2.75, 3.05) is 39.3 Å². The number of furan rings is 1. The fraction of sp³-hybridized carbons (Fsp3) is 0.600. The molecule has 1 aliphatic heterocycles. The molecule has 1 saturated heterocycles. The Hall–Kier alpha value is -1.82. The second-order valence-corrected chi connectivity index (χ2v) is 5.56. The number of hydrogen-bond donors (Lipinski definition) is 1. The van der Waals surface area contributed by atoms with E-state index < -0.39 is 0 Å². The van der Waals surface area contributed by atoms with E-state index in [1.165, 1.54) is 6.26 Å². The number of amides is 2. The molecule has 0 atom stereocenters. The van der Waals surface area contributed by atoms with E-state index in [9.17, 15) is 9.59 Å². The van der Waals surface area contributed by atoms with E-state index >= 15 is 0 Å². The summed E-state index contributed by atoms with van der Waals surface area (Å²) >= 11 is 0. The van der Waals surface area contributed by atoms with Crippen molar-refractivity contribution in [3.63, 3.8) is 0 Å². The summed E-state index contributed by atoms with van der Waals surface area (Å²) in [7, 11) is 0. The van der Waals surface area contributed by atoms with Crippen molar-refractivity contribution in [2.24, 2.45) is 5.92 Å². The van der Waals surface area contributed by atoms with Gasteiger partial charge in [-0.1, -0.05) is 13.8 Å². The van der Waals surface area contributed by atoms with Crippen LogP contribution in [0.1, 0.15) is 24.4 Å². The van der Waals surface area contributed by atoms with Gasteiger partial charge in [0.1, 0.15) is 0 Å². The van der Waals surface area contributed by atoms with Gasteiger partial charge in [0.25, 0.3) is 5.91 Å². The van der Waals surface area contributed by atoms with Crippen LogP contribution in [0.2, 0.25) is 0 Å². The molecule has 2 heterocycles. The van der Waals surface area contributed by atoms with Crippen LogP contribution in [0.3, 0.4) is 0 Å². The van der Waals surface area contributed by atoms with Gasteiger partial charge in [-0.15, -0.1) is 0 Å². The molecule has 21 heavy (non-hydrogen) atoms. The lowest BCUT2D eigenvalue weighted by atomic mass is 10.2. The summed E-state index contributed by atoms with van der Waals surface area (Å²) in [5.74, 6) is 0.454. The summed E-state index contributed by atoms with van der Waals surface area (Å²) in [4.78, 5) is 27.6. The van der Waals surface area contributed by atoms with Crippen molar-refractivity contribution in [1.29, 1.82) is 0 Å². The van der Waals surface area contributed by atoms with Gasteiger partial charge >= 0.3 is 0 Å². The molecule has 2 amide bonds. The van der Waals surface area contributed by atoms with Crippen molar-refractivity contribution < 1.29 is 14.0 Å². The molecule has 6 nitrogen and oxygen atoms in total. The minimum Gasteiger partial charge on any atom is -0.459 e. The summed E-state index contributed by atoms with van der Waals surface area (Å²) in [6, 6.07) is 3.41. The van der Waals surface area contributed by atoms with Crippen LogP contribution in [0, 0.1) is 5.92 Å². The predicted octanol–water partition coefficient (Wildman–Crippen LogP) is 0.810. The zero-order valence-corrected chi connectivity index (χ0v) is 12.7. The fourth-order valence-corrected chi connectivity index (χ4v) is 2.27. The number of hydrogen-bond acceptors (Lipinski definition) is 4. The van der Waals surface area contributed by atoms with Crippen LogP contribution in [0.15, 0.2) is 22.8 Å². The van der Waals surface area contributed by atoms with Gasteiger partial charge in [0.15, 0.2) is 5.76 Å². The third kappa shape index (κ3) is 4.32. The predicted molar refractivity (Wildman–Crippen MR) is 78.9 cm³/mol. The first-order chi connectivity index (χ1) is 10.1. The Morgan fingerprint density at radius 2 is 2.00 bits per heavy atom. The number of piperazine rings is 1. The van der Waals surface area contributed by atoms with Crippen LogP contribution in [-0.2, 0) is 4.79 Å². The van der Waals surface area contributed by atoms with E-state index in [0.717, 1.165) is 19.6 Å². The molecular weight excluding hydrogens is 270 g/mol. The lowest BCUT2D eigenvalue weighted by Crippen LogP contribution is -2.50. The van der Waals surface area contributed by atoms with Gasteiger partial charge in [0.05, 0.1) is 6.26 Å². The van der Waals surface area contributed by atoms with Gasteiger partial charge in [0.2, 0.25) is 5.91 Å². The first kappa shape index (κ1) is 15.6. The number of nitrogens with one attached hydrogen (secondary N) is 1. The fourth-order valence-electron chi connectivity index (χ4n) is 2.27. The van der Waals surface area contributed by atoms with Crippen LogP contribution in [0.25, 0.3) is 0 Å². The van der Waals surface area contributed by atoms with E-state index in [1.807, 2.05) is 18.7 Å². The summed E-state index contributed by atoms with van der Waals surface area (Å²) in [5, 5.41) is 2.91. The maximum atomic E-state index is 12.1. The van der Waals surface area contributed by atoms with Crippen LogP contribution >= 0.6 is 0 Å². The van der Waals surface area contributed by atoms with Crippen molar-refractivity contribution in [1.82, 2.24) is 15.1 Å². The van der Waals surface area contributed by atoms with Crippen LogP contribution in [0.4, 0.5) is 0 Å². The molecular formula is C15H23N3O3. The maximum absolute atomic E-state index is 12.1. The summed E-state index contributed by atoms with van der Waals surface area (Å²) in [6.45, 7) is 8.27. The highest BCUT2D eigenvalue weighted by atomic mass is 16.3. The quantitative estimate of drug-likeness (QED) is 0.872. The Balaban J connectivity index is 1.69. The molecule has 2 rings (SSSR count). The van der Waals surface area contributed by atoms with Gasteiger partial charge < -0.3 is 14.6 Å². The zero-order chi connectivity index (χ0) is 15.2. The second kappa shape index (κ2) is 7.26. The Kier molecular flexibility index (Phi) is 5.38. The lowest BCUT2D eigenvalue weighted by molar-refractivity contribution is -0.124. The number of rotatable bonds is 5. The Morgan fingerprint density at radius 3 is 2.57 bits per heavy atom. The zero-order valence-electron chi connectivity index (χ0n) is 12.7. The molecule has 1 aromatic rings. The van der Waals surface area contributed by atoms with E-state index in [1.54, 1.807) is 12.1 Å². The average molecular weight is 293 g/mol. The average Bonchev–Trinajstić information content (AvgIpc) is 3.01. The van der Waals surface area contributed by atoms with Crippen molar-refractivity contribution >= 4 is 11.8 Å². The van der Waals surface area contributed by atoms with E-state index in [-0.39, 0.29) is 17.7 Å². The number of carbonyl (C=O) groups is 2. The summed E-state index contributed by atoms with van der Waals surface area (Å²) in [5.41, 5.74) is 0. The Bertz CT molecular complexity index is 463. The smallest absolute Gasteiger partial charge is 0.289 e. The molecule has 1 fully saturated rings. The topological polar surface area (TPSA) is 65.8 Å². The molecule has 1 aliphatic rings. The van der Waals surface area contributed by atoms with Crippen molar-refractivity contribution in [3.05, 3.63) is 24.2 Å². The molecule has 116 valence electrons. The molecule has 0 unspecified atom stereocenters. The van der Waals surface area contributed by atoms with Gasteiger partial charge in [-0.2, -0.15) is 0 Å². The molecule has 1 aromatic heterocycles. The van der Waals surface area contributed by atoms with Crippen LogP contribution in [0.5, 0.6) is 0 Å². The minimum atomic E-state index is -0.0484. The molecule has 6 heteroatoms. The van der Waals surface area contributed by atoms with Gasteiger partial charge in [-0.3, -0.25) is 14.5 Å². The van der Waals surface area contributed by atoms with E-state index in [4.69, 9.17) is 4.42 Å². The molecule has 0 saturated carbocycles. The first-order valence-electron chi connectivity index (χ1n) is 7.41. The Morgan fingerprint density at radius 1 is 1.29 bits per heavy atom. The number of carbonyl (C=O) groups excluding carboxylic acids is 2. The highest BCUT2D eigenvalue weighted by Gasteiger charge is 2.23. The van der Waals surface area contributed by atoms with E-state index in [2.05, 4.69) is 10.2 Å². The Labute approximate surface area is 125 Å². The molecule has 1 N–H and O–H groups in total.